The Bertz CT molecular complexity index is 1490. The average Bonchev–Trinajstić information content (AvgIpc) is 3.32. The first-order valence-electron chi connectivity index (χ1n) is 11.1. The summed E-state index contributed by atoms with van der Waals surface area (Å²) in [5.74, 6) is 2.54. The van der Waals surface area contributed by atoms with Gasteiger partial charge in [0.2, 0.25) is 0 Å². The van der Waals surface area contributed by atoms with Gasteiger partial charge in [0.05, 0.1) is 12.6 Å². The van der Waals surface area contributed by atoms with Gasteiger partial charge in [0.15, 0.2) is 5.82 Å². The summed E-state index contributed by atoms with van der Waals surface area (Å²) in [4.78, 5) is 19.7. The minimum Gasteiger partial charge on any atom is -0.497 e. The Morgan fingerprint density at radius 2 is 1.94 bits per heavy atom. The van der Waals surface area contributed by atoms with Crippen molar-refractivity contribution < 1.29 is 4.74 Å². The zero-order chi connectivity index (χ0) is 22.2. The quantitative estimate of drug-likeness (QED) is 0.407. The number of aromatic amines is 1. The molecule has 162 valence electrons. The zero-order valence-corrected chi connectivity index (χ0v) is 18.3. The van der Waals surface area contributed by atoms with Gasteiger partial charge < -0.3 is 14.6 Å². The maximum Gasteiger partial charge on any atom is 0.163 e. The van der Waals surface area contributed by atoms with Crippen LogP contribution >= 0.6 is 0 Å². The van der Waals surface area contributed by atoms with E-state index in [1.54, 1.807) is 13.3 Å². The predicted molar refractivity (Wildman–Crippen MR) is 132 cm³/mol. The molecule has 0 amide bonds. The second-order valence-electron chi connectivity index (χ2n) is 8.17. The van der Waals surface area contributed by atoms with Crippen molar-refractivity contribution >= 4 is 33.2 Å². The van der Waals surface area contributed by atoms with E-state index in [4.69, 9.17) is 14.7 Å². The third kappa shape index (κ3) is 3.49. The maximum atomic E-state index is 5.44. The largest absolute Gasteiger partial charge is 0.497 e. The number of hydrogen-bond acceptors (Lipinski definition) is 5. The van der Waals surface area contributed by atoms with Crippen LogP contribution in [0, 0.1) is 0 Å². The number of ether oxygens (including phenoxy) is 1. The molecule has 0 aliphatic carbocycles. The van der Waals surface area contributed by atoms with Crippen molar-refractivity contribution in [3.63, 3.8) is 0 Å². The molecule has 6 nitrogen and oxygen atoms in total. The minimum absolute atomic E-state index is 0.704. The fourth-order valence-electron chi connectivity index (χ4n) is 4.52. The Labute approximate surface area is 191 Å². The number of methoxy groups -OCH3 is 1. The molecule has 2 aromatic carbocycles. The summed E-state index contributed by atoms with van der Waals surface area (Å²) in [5.41, 5.74) is 5.58. The van der Waals surface area contributed by atoms with Crippen LogP contribution in [0.4, 0.5) is 5.82 Å². The van der Waals surface area contributed by atoms with Gasteiger partial charge in [-0.15, -0.1) is 0 Å². The molecule has 3 aromatic heterocycles. The molecule has 0 bridgehead atoms. The third-order valence-corrected chi connectivity index (χ3v) is 6.25. The number of pyridine rings is 1. The Hall–Kier alpha value is -4.19. The van der Waals surface area contributed by atoms with E-state index < -0.39 is 0 Å². The highest BCUT2D eigenvalue weighted by Gasteiger charge is 2.20. The number of aromatic nitrogens is 4. The van der Waals surface area contributed by atoms with Crippen LogP contribution in [0.2, 0.25) is 0 Å². The van der Waals surface area contributed by atoms with Crippen molar-refractivity contribution in [3.05, 3.63) is 84.8 Å². The van der Waals surface area contributed by atoms with Crippen molar-refractivity contribution in [2.45, 2.75) is 6.42 Å². The molecule has 0 unspecified atom stereocenters. The van der Waals surface area contributed by atoms with E-state index in [0.717, 1.165) is 53.1 Å². The summed E-state index contributed by atoms with van der Waals surface area (Å²) >= 11 is 0. The summed E-state index contributed by atoms with van der Waals surface area (Å²) in [6.45, 7) is 1.68. The molecule has 0 saturated heterocycles. The van der Waals surface area contributed by atoms with Crippen LogP contribution in [0.25, 0.3) is 38.8 Å². The first-order chi connectivity index (χ1) is 16.3. The second kappa shape index (κ2) is 8.06. The Morgan fingerprint density at radius 1 is 1.00 bits per heavy atom. The van der Waals surface area contributed by atoms with Crippen LogP contribution < -0.4 is 9.64 Å². The van der Waals surface area contributed by atoms with Crippen molar-refractivity contribution in [3.8, 4) is 17.1 Å². The van der Waals surface area contributed by atoms with Crippen LogP contribution in [0.15, 0.2) is 79.3 Å². The van der Waals surface area contributed by atoms with Gasteiger partial charge in [-0.25, -0.2) is 9.97 Å². The van der Waals surface area contributed by atoms with Crippen LogP contribution in [0.1, 0.15) is 12.0 Å². The zero-order valence-electron chi connectivity index (χ0n) is 18.3. The van der Waals surface area contributed by atoms with Crippen molar-refractivity contribution in [2.75, 3.05) is 25.1 Å². The smallest absolute Gasteiger partial charge is 0.163 e. The molecule has 1 N–H and O–H groups in total. The highest BCUT2D eigenvalue weighted by molar-refractivity contribution is 5.95. The molecule has 1 aliphatic rings. The van der Waals surface area contributed by atoms with Crippen molar-refractivity contribution in [2.24, 2.45) is 0 Å². The molecule has 6 rings (SSSR count). The number of hydrogen-bond donors (Lipinski definition) is 1. The Balaban J connectivity index is 1.37. The van der Waals surface area contributed by atoms with Gasteiger partial charge in [-0.1, -0.05) is 18.2 Å². The first-order valence-corrected chi connectivity index (χ1v) is 11.1. The topological polar surface area (TPSA) is 66.9 Å². The summed E-state index contributed by atoms with van der Waals surface area (Å²) in [6.07, 6.45) is 8.93. The monoisotopic (exact) mass is 433 g/mol. The van der Waals surface area contributed by atoms with E-state index in [0.29, 0.717) is 5.82 Å². The fraction of sp³-hybridized carbons (Fsp3) is 0.148. The van der Waals surface area contributed by atoms with Gasteiger partial charge in [-0.2, -0.15) is 0 Å². The van der Waals surface area contributed by atoms with Gasteiger partial charge >= 0.3 is 0 Å². The molecule has 33 heavy (non-hydrogen) atoms. The van der Waals surface area contributed by atoms with Gasteiger partial charge in [0, 0.05) is 59.1 Å². The van der Waals surface area contributed by atoms with Crippen molar-refractivity contribution in [1.82, 2.24) is 19.9 Å². The molecule has 0 atom stereocenters. The highest BCUT2D eigenvalue weighted by atomic mass is 16.5. The van der Waals surface area contributed by atoms with E-state index in [9.17, 15) is 0 Å². The van der Waals surface area contributed by atoms with Crippen LogP contribution in [0.5, 0.6) is 5.75 Å². The SMILES string of the molecule is COc1ccc2[nH]cc(C3=CCN(c4nc(-c5cccnc5)nc5ccccc45)CC3)c2c1. The molecule has 4 heterocycles. The number of anilines is 1. The lowest BCUT2D eigenvalue weighted by Gasteiger charge is -2.28. The van der Waals surface area contributed by atoms with E-state index >= 15 is 0 Å². The summed E-state index contributed by atoms with van der Waals surface area (Å²) in [6, 6.07) is 18.3. The molecule has 1 aliphatic heterocycles. The van der Waals surface area contributed by atoms with Gasteiger partial charge in [0.1, 0.15) is 11.6 Å². The number of H-pyrrole nitrogens is 1. The van der Waals surface area contributed by atoms with E-state index in [1.165, 1.54) is 16.5 Å². The minimum atomic E-state index is 0.704. The molecular formula is C27H23N5O. The van der Waals surface area contributed by atoms with Crippen LogP contribution in [-0.2, 0) is 0 Å². The van der Waals surface area contributed by atoms with Gasteiger partial charge in [-0.05, 0) is 54.5 Å². The average molecular weight is 434 g/mol. The van der Waals surface area contributed by atoms with E-state index in [2.05, 4.69) is 45.3 Å². The van der Waals surface area contributed by atoms with E-state index in [1.807, 2.05) is 42.6 Å². The standard InChI is InChI=1S/C27H23N5O/c1-33-20-8-9-24-22(15-20)23(17-29-24)18-10-13-32(14-11-18)27-21-6-2-3-7-25(21)30-26(31-27)19-5-4-12-28-16-19/h2-10,12,15-17,29H,11,13-14H2,1H3. The lowest BCUT2D eigenvalue weighted by atomic mass is 9.98. The molecule has 6 heteroatoms. The Morgan fingerprint density at radius 3 is 2.76 bits per heavy atom. The maximum absolute atomic E-state index is 5.44. The fourth-order valence-corrected chi connectivity index (χ4v) is 4.52. The lowest BCUT2D eigenvalue weighted by Crippen LogP contribution is -2.29. The number of para-hydroxylation sites is 1. The Kier molecular flexibility index (Phi) is 4.76. The van der Waals surface area contributed by atoms with Gasteiger partial charge in [0.25, 0.3) is 0 Å². The van der Waals surface area contributed by atoms with Crippen LogP contribution in [0.3, 0.4) is 0 Å². The number of nitrogens with zero attached hydrogens (tertiary/aromatic N) is 4. The predicted octanol–water partition coefficient (Wildman–Crippen LogP) is 5.48. The molecular weight excluding hydrogens is 410 g/mol. The highest BCUT2D eigenvalue weighted by Crippen LogP contribution is 2.34. The summed E-state index contributed by atoms with van der Waals surface area (Å²) < 4.78 is 5.44. The summed E-state index contributed by atoms with van der Waals surface area (Å²) in [5, 5.41) is 2.26. The number of fused-ring (bicyclic) bond motifs is 2. The first kappa shape index (κ1) is 19.5. The lowest BCUT2D eigenvalue weighted by molar-refractivity contribution is 0.415. The normalized spacial score (nSPS) is 14.0. The third-order valence-electron chi connectivity index (χ3n) is 6.25. The molecule has 0 fully saturated rings. The molecule has 5 aromatic rings. The van der Waals surface area contributed by atoms with Crippen LogP contribution in [-0.4, -0.2) is 40.1 Å². The summed E-state index contributed by atoms with van der Waals surface area (Å²) in [7, 11) is 1.71. The molecule has 0 radical (unpaired) electrons. The molecule has 0 spiro atoms. The van der Waals surface area contributed by atoms with Gasteiger partial charge in [-0.3, -0.25) is 4.98 Å². The number of rotatable bonds is 4. The second-order valence-corrected chi connectivity index (χ2v) is 8.17. The van der Waals surface area contributed by atoms with E-state index in [-0.39, 0.29) is 0 Å². The number of nitrogens with one attached hydrogen (secondary N) is 1. The number of benzene rings is 2. The van der Waals surface area contributed by atoms with Crippen molar-refractivity contribution in [1.29, 1.82) is 0 Å². The molecule has 0 saturated carbocycles.